The summed E-state index contributed by atoms with van der Waals surface area (Å²) < 4.78 is 26.4. The average Bonchev–Trinajstić information content (AvgIpc) is 3.42. The minimum atomic E-state index is -0.822. The van der Waals surface area contributed by atoms with Crippen LogP contribution in [-0.2, 0) is 4.79 Å². The van der Waals surface area contributed by atoms with Gasteiger partial charge in [-0.3, -0.25) is 4.79 Å². The van der Waals surface area contributed by atoms with Crippen molar-refractivity contribution in [3.05, 3.63) is 72.4 Å². The van der Waals surface area contributed by atoms with Gasteiger partial charge in [0.25, 0.3) is 0 Å². The Morgan fingerprint density at radius 2 is 1.53 bits per heavy atom. The van der Waals surface area contributed by atoms with E-state index >= 15 is 0 Å². The summed E-state index contributed by atoms with van der Waals surface area (Å²) >= 11 is 1.34. The molecule has 1 amide bonds. The van der Waals surface area contributed by atoms with E-state index in [2.05, 4.69) is 9.69 Å². The Morgan fingerprint density at radius 1 is 0.861 bits per heavy atom. The molecule has 4 rings (SSSR count). The van der Waals surface area contributed by atoms with Crippen molar-refractivity contribution in [1.82, 2.24) is 4.37 Å². The van der Waals surface area contributed by atoms with Crippen LogP contribution in [0.5, 0.6) is 23.0 Å². The number of nitrogens with zero attached hydrogens (tertiary/aromatic N) is 1. The molecular formula is C27H27N3O5S. The number of hydrogen-bond donors (Lipinski definition) is 2. The van der Waals surface area contributed by atoms with Crippen LogP contribution in [-0.4, -0.2) is 38.7 Å². The molecule has 0 fully saturated rings. The van der Waals surface area contributed by atoms with Gasteiger partial charge >= 0.3 is 0 Å². The van der Waals surface area contributed by atoms with Crippen LogP contribution in [0, 0.1) is 0 Å². The van der Waals surface area contributed by atoms with Gasteiger partial charge in [-0.05, 0) is 46.9 Å². The van der Waals surface area contributed by atoms with E-state index in [9.17, 15) is 4.79 Å². The van der Waals surface area contributed by atoms with Crippen LogP contribution in [0.2, 0.25) is 0 Å². The van der Waals surface area contributed by atoms with E-state index in [1.54, 1.807) is 40.7 Å². The first kappa shape index (κ1) is 25.0. The molecular weight excluding hydrogens is 478 g/mol. The molecule has 0 spiro atoms. The number of aromatic nitrogens is 1. The van der Waals surface area contributed by atoms with Gasteiger partial charge in [0.2, 0.25) is 11.7 Å². The molecule has 0 saturated carbocycles. The number of nitrogens with two attached hydrogens (primary N) is 1. The van der Waals surface area contributed by atoms with Gasteiger partial charge in [-0.1, -0.05) is 36.4 Å². The number of carbonyl (C=O) groups excluding carboxylic acids is 1. The van der Waals surface area contributed by atoms with Crippen LogP contribution in [0.25, 0.3) is 21.6 Å². The highest BCUT2D eigenvalue weighted by Crippen LogP contribution is 2.45. The highest BCUT2D eigenvalue weighted by Gasteiger charge is 2.21. The van der Waals surface area contributed by atoms with Crippen LogP contribution >= 0.6 is 11.5 Å². The molecule has 1 atom stereocenters. The summed E-state index contributed by atoms with van der Waals surface area (Å²) in [5.74, 6) is 1.78. The van der Waals surface area contributed by atoms with Crippen molar-refractivity contribution in [3.63, 3.8) is 0 Å². The van der Waals surface area contributed by atoms with Crippen molar-refractivity contribution in [3.8, 4) is 44.6 Å². The Hall–Kier alpha value is -4.08. The van der Waals surface area contributed by atoms with Crippen LogP contribution in [0.3, 0.4) is 0 Å². The minimum absolute atomic E-state index is 0.343. The zero-order valence-electron chi connectivity index (χ0n) is 20.4. The van der Waals surface area contributed by atoms with Crippen molar-refractivity contribution in [2.45, 2.75) is 6.04 Å². The van der Waals surface area contributed by atoms with E-state index in [-0.39, 0.29) is 5.91 Å². The second kappa shape index (κ2) is 11.1. The molecule has 0 aliphatic heterocycles. The van der Waals surface area contributed by atoms with Crippen LogP contribution in [0.15, 0.2) is 66.9 Å². The third-order valence-corrected chi connectivity index (χ3v) is 6.56. The smallest absolute Gasteiger partial charge is 0.245 e. The normalized spacial score (nSPS) is 11.5. The summed E-state index contributed by atoms with van der Waals surface area (Å²) in [5, 5.41) is 2.91. The first-order valence-electron chi connectivity index (χ1n) is 11.1. The highest BCUT2D eigenvalue weighted by molar-refractivity contribution is 7.10. The summed E-state index contributed by atoms with van der Waals surface area (Å²) in [7, 11) is 6.27. The number of nitrogens with one attached hydrogen (secondary N) is 1. The lowest BCUT2D eigenvalue weighted by atomic mass is 10.0. The number of benzene rings is 3. The Bertz CT molecular complexity index is 1330. The van der Waals surface area contributed by atoms with Gasteiger partial charge in [-0.2, -0.15) is 4.37 Å². The molecule has 0 aliphatic rings. The molecule has 9 heteroatoms. The van der Waals surface area contributed by atoms with Gasteiger partial charge in [0.15, 0.2) is 11.5 Å². The second-order valence-corrected chi connectivity index (χ2v) is 8.58. The SMILES string of the molecule is COc1ccc(-c2cnsc2-c2cc(OC)c(OC)c(OC)c2)cc1NC(=O)[C@@H](N)c1ccccc1. The van der Waals surface area contributed by atoms with E-state index < -0.39 is 6.04 Å². The zero-order valence-corrected chi connectivity index (χ0v) is 21.2. The summed E-state index contributed by atoms with van der Waals surface area (Å²) in [6.07, 6.45) is 1.78. The lowest BCUT2D eigenvalue weighted by Gasteiger charge is -2.16. The molecule has 4 aromatic rings. The number of ether oxygens (including phenoxy) is 4. The summed E-state index contributed by atoms with van der Waals surface area (Å²) in [5.41, 5.74) is 10.00. The number of amides is 1. The van der Waals surface area contributed by atoms with Crippen molar-refractivity contribution in [1.29, 1.82) is 0 Å². The van der Waals surface area contributed by atoms with Crippen LogP contribution < -0.4 is 30.0 Å². The molecule has 0 unspecified atom stereocenters. The van der Waals surface area contributed by atoms with Crippen molar-refractivity contribution < 1.29 is 23.7 Å². The minimum Gasteiger partial charge on any atom is -0.495 e. The largest absolute Gasteiger partial charge is 0.495 e. The van der Waals surface area contributed by atoms with Crippen molar-refractivity contribution >= 4 is 23.1 Å². The van der Waals surface area contributed by atoms with Gasteiger partial charge in [0.1, 0.15) is 11.8 Å². The van der Waals surface area contributed by atoms with E-state index in [0.717, 1.165) is 27.1 Å². The summed E-state index contributed by atoms with van der Waals surface area (Å²) in [6.45, 7) is 0. The van der Waals surface area contributed by atoms with E-state index in [1.165, 1.54) is 11.5 Å². The lowest BCUT2D eigenvalue weighted by molar-refractivity contribution is -0.117. The predicted molar refractivity (Wildman–Crippen MR) is 141 cm³/mol. The topological polar surface area (TPSA) is 105 Å². The molecule has 8 nitrogen and oxygen atoms in total. The van der Waals surface area contributed by atoms with E-state index in [4.69, 9.17) is 24.7 Å². The van der Waals surface area contributed by atoms with Gasteiger partial charge in [-0.15, -0.1) is 0 Å². The standard InChI is InChI=1S/C27H27N3O5S/c1-32-21-11-10-17(12-20(21)30-27(31)24(28)16-8-6-5-7-9-16)19-15-29-36-26(19)18-13-22(33-2)25(35-4)23(14-18)34-3/h5-15,24H,28H2,1-4H3,(H,30,31)/t24-/m0/s1. The van der Waals surface area contributed by atoms with Gasteiger partial charge < -0.3 is 30.0 Å². The van der Waals surface area contributed by atoms with Crippen molar-refractivity contribution in [2.24, 2.45) is 5.73 Å². The summed E-state index contributed by atoms with van der Waals surface area (Å²) in [6, 6.07) is 17.7. The fraction of sp³-hybridized carbons (Fsp3) is 0.185. The van der Waals surface area contributed by atoms with E-state index in [1.807, 2.05) is 54.6 Å². The Kier molecular flexibility index (Phi) is 7.72. The molecule has 1 heterocycles. The van der Waals surface area contributed by atoms with Crippen LogP contribution in [0.4, 0.5) is 5.69 Å². The average molecular weight is 506 g/mol. The highest BCUT2D eigenvalue weighted by atomic mass is 32.1. The van der Waals surface area contributed by atoms with Gasteiger partial charge in [0, 0.05) is 17.3 Å². The molecule has 36 heavy (non-hydrogen) atoms. The zero-order chi connectivity index (χ0) is 25.7. The Balaban J connectivity index is 1.71. The van der Waals surface area contributed by atoms with Gasteiger partial charge in [-0.25, -0.2) is 0 Å². The molecule has 0 radical (unpaired) electrons. The Morgan fingerprint density at radius 3 is 2.14 bits per heavy atom. The number of rotatable bonds is 9. The molecule has 0 bridgehead atoms. The maximum Gasteiger partial charge on any atom is 0.245 e. The van der Waals surface area contributed by atoms with Crippen LogP contribution in [0.1, 0.15) is 11.6 Å². The third-order valence-electron chi connectivity index (χ3n) is 5.71. The fourth-order valence-electron chi connectivity index (χ4n) is 3.86. The quantitative estimate of drug-likeness (QED) is 0.324. The number of methoxy groups -OCH3 is 4. The predicted octanol–water partition coefficient (Wildman–Crippen LogP) is 5.15. The molecule has 3 N–H and O–H groups in total. The van der Waals surface area contributed by atoms with E-state index in [0.29, 0.717) is 28.7 Å². The van der Waals surface area contributed by atoms with Crippen molar-refractivity contribution in [2.75, 3.05) is 33.8 Å². The molecule has 3 aromatic carbocycles. The maximum atomic E-state index is 12.9. The van der Waals surface area contributed by atoms with Gasteiger partial charge in [0.05, 0.1) is 39.0 Å². The summed E-state index contributed by atoms with van der Waals surface area (Å²) in [4.78, 5) is 13.8. The number of anilines is 1. The second-order valence-electron chi connectivity index (χ2n) is 7.78. The first-order valence-corrected chi connectivity index (χ1v) is 11.8. The molecule has 186 valence electrons. The Labute approximate surface area is 213 Å². The molecule has 1 aromatic heterocycles. The first-order chi connectivity index (χ1) is 17.5. The fourth-order valence-corrected chi connectivity index (χ4v) is 4.62. The third kappa shape index (κ3) is 4.98. The maximum absolute atomic E-state index is 12.9. The molecule has 0 aliphatic carbocycles. The number of carbonyl (C=O) groups is 1. The lowest BCUT2D eigenvalue weighted by Crippen LogP contribution is -2.27. The number of hydrogen-bond acceptors (Lipinski definition) is 8. The molecule has 0 saturated heterocycles. The monoisotopic (exact) mass is 505 g/mol.